The first kappa shape index (κ1) is 13.6. The number of hydrogen-bond donors (Lipinski definition) is 1. The Bertz CT molecular complexity index is 252. The van der Waals surface area contributed by atoms with Crippen LogP contribution in [0.5, 0.6) is 0 Å². The smallest absolute Gasteiger partial charge is 0.401 e. The quantitative estimate of drug-likeness (QED) is 0.779. The first-order valence-corrected chi connectivity index (χ1v) is 6.03. The van der Waals surface area contributed by atoms with E-state index in [0.29, 0.717) is 24.3 Å². The molecule has 1 saturated heterocycles. The highest BCUT2D eigenvalue weighted by Crippen LogP contribution is 2.29. The summed E-state index contributed by atoms with van der Waals surface area (Å²) in [6.45, 7) is -1.16. The Hall–Kier alpha value is -0.430. The van der Waals surface area contributed by atoms with Crippen molar-refractivity contribution in [2.75, 3.05) is 25.2 Å². The summed E-state index contributed by atoms with van der Waals surface area (Å²) in [5.74, 6) is 0.733. The van der Waals surface area contributed by atoms with Gasteiger partial charge in [0.1, 0.15) is 5.54 Å². The minimum Gasteiger partial charge on any atom is -0.468 e. The highest BCUT2D eigenvalue weighted by atomic mass is 32.2. The summed E-state index contributed by atoms with van der Waals surface area (Å²) in [5, 5.41) is 2.31. The number of nitrogens with one attached hydrogen (secondary N) is 1. The number of methoxy groups -OCH3 is 1. The minimum absolute atomic E-state index is 0.375. The van der Waals surface area contributed by atoms with Crippen molar-refractivity contribution in [1.82, 2.24) is 5.32 Å². The van der Waals surface area contributed by atoms with Gasteiger partial charge in [0.25, 0.3) is 0 Å². The maximum atomic E-state index is 12.1. The first-order valence-electron chi connectivity index (χ1n) is 4.88. The molecule has 1 aliphatic heterocycles. The highest BCUT2D eigenvalue weighted by molar-refractivity contribution is 7.99. The molecular formula is C9H14F3NO2S. The maximum absolute atomic E-state index is 12.1. The van der Waals surface area contributed by atoms with Gasteiger partial charge in [0.05, 0.1) is 13.7 Å². The number of hydrogen-bond acceptors (Lipinski definition) is 4. The molecule has 1 rings (SSSR count). The van der Waals surface area contributed by atoms with Crippen molar-refractivity contribution < 1.29 is 22.7 Å². The van der Waals surface area contributed by atoms with Crippen LogP contribution in [0.25, 0.3) is 0 Å². The topological polar surface area (TPSA) is 38.3 Å². The van der Waals surface area contributed by atoms with Gasteiger partial charge in [-0.25, -0.2) is 0 Å². The van der Waals surface area contributed by atoms with Gasteiger partial charge in [0.15, 0.2) is 0 Å². The zero-order valence-corrected chi connectivity index (χ0v) is 9.71. The van der Waals surface area contributed by atoms with Crippen molar-refractivity contribution >= 4 is 17.7 Å². The summed E-state index contributed by atoms with van der Waals surface area (Å²) in [6, 6.07) is 0. The van der Waals surface area contributed by atoms with E-state index in [1.807, 2.05) is 0 Å². The van der Waals surface area contributed by atoms with Gasteiger partial charge in [-0.2, -0.15) is 24.9 Å². The lowest BCUT2D eigenvalue weighted by Gasteiger charge is -2.35. The third-order valence-corrected chi connectivity index (χ3v) is 3.54. The number of esters is 1. The van der Waals surface area contributed by atoms with Crippen LogP contribution in [0.3, 0.4) is 0 Å². The summed E-state index contributed by atoms with van der Waals surface area (Å²) in [6.07, 6.45) is -3.56. The maximum Gasteiger partial charge on any atom is 0.401 e. The molecule has 1 N–H and O–H groups in total. The van der Waals surface area contributed by atoms with Crippen LogP contribution in [0, 0.1) is 0 Å². The molecule has 0 spiro atoms. The number of rotatable bonds is 3. The second-order valence-corrected chi connectivity index (χ2v) is 4.88. The molecule has 7 heteroatoms. The molecule has 0 aromatic rings. The van der Waals surface area contributed by atoms with Crippen LogP contribution < -0.4 is 5.32 Å². The summed E-state index contributed by atoms with van der Waals surface area (Å²) < 4.78 is 41.0. The van der Waals surface area contributed by atoms with Crippen LogP contribution in [0.1, 0.15) is 12.8 Å². The Kier molecular flexibility index (Phi) is 4.49. The number of ether oxygens (including phenoxy) is 1. The number of halogens is 3. The average molecular weight is 257 g/mol. The standard InChI is InChI=1S/C9H14F3NO2S/c1-15-7(14)8(2-4-16-5-3-8)13-6-9(10,11)12/h13H,2-6H2,1H3. The lowest BCUT2D eigenvalue weighted by Crippen LogP contribution is -2.57. The molecule has 1 heterocycles. The zero-order valence-electron chi connectivity index (χ0n) is 8.89. The molecular weight excluding hydrogens is 243 g/mol. The van der Waals surface area contributed by atoms with Gasteiger partial charge >= 0.3 is 12.1 Å². The Morgan fingerprint density at radius 3 is 2.44 bits per heavy atom. The Labute approximate surface area is 96.1 Å². The molecule has 1 fully saturated rings. The molecule has 94 valence electrons. The largest absolute Gasteiger partial charge is 0.468 e. The molecule has 16 heavy (non-hydrogen) atoms. The molecule has 3 nitrogen and oxygen atoms in total. The van der Waals surface area contributed by atoms with E-state index in [2.05, 4.69) is 10.1 Å². The fraction of sp³-hybridized carbons (Fsp3) is 0.889. The van der Waals surface area contributed by atoms with Gasteiger partial charge in [-0.15, -0.1) is 0 Å². The molecule has 0 aliphatic carbocycles. The van der Waals surface area contributed by atoms with Crippen molar-refractivity contribution in [3.8, 4) is 0 Å². The third-order valence-electron chi connectivity index (χ3n) is 2.55. The second-order valence-electron chi connectivity index (χ2n) is 3.65. The summed E-state index contributed by atoms with van der Waals surface area (Å²) in [7, 11) is 1.20. The van der Waals surface area contributed by atoms with E-state index in [9.17, 15) is 18.0 Å². The molecule has 0 aromatic carbocycles. The summed E-state index contributed by atoms with van der Waals surface area (Å²) in [5.41, 5.74) is -1.16. The van der Waals surface area contributed by atoms with E-state index in [-0.39, 0.29) is 0 Å². The number of alkyl halides is 3. The van der Waals surface area contributed by atoms with Crippen LogP contribution in [0.4, 0.5) is 13.2 Å². The van der Waals surface area contributed by atoms with E-state index in [1.54, 1.807) is 11.8 Å². The molecule has 0 aromatic heterocycles. The van der Waals surface area contributed by atoms with Crippen molar-refractivity contribution in [1.29, 1.82) is 0 Å². The molecule has 0 unspecified atom stereocenters. The summed E-state index contributed by atoms with van der Waals surface area (Å²) in [4.78, 5) is 11.5. The van der Waals surface area contributed by atoms with E-state index in [0.717, 1.165) is 0 Å². The van der Waals surface area contributed by atoms with Crippen molar-refractivity contribution in [2.45, 2.75) is 24.6 Å². The molecule has 0 bridgehead atoms. The third kappa shape index (κ3) is 3.55. The van der Waals surface area contributed by atoms with Gasteiger partial charge in [-0.05, 0) is 24.3 Å². The van der Waals surface area contributed by atoms with Crippen LogP contribution in [0.2, 0.25) is 0 Å². The van der Waals surface area contributed by atoms with Gasteiger partial charge in [0.2, 0.25) is 0 Å². The van der Waals surface area contributed by atoms with Crippen molar-refractivity contribution in [3.63, 3.8) is 0 Å². The molecule has 0 radical (unpaired) electrons. The van der Waals surface area contributed by atoms with Gasteiger partial charge in [-0.3, -0.25) is 10.1 Å². The van der Waals surface area contributed by atoms with Crippen LogP contribution in [-0.2, 0) is 9.53 Å². The van der Waals surface area contributed by atoms with E-state index in [1.165, 1.54) is 7.11 Å². The molecule has 1 aliphatic rings. The van der Waals surface area contributed by atoms with Crippen molar-refractivity contribution in [3.05, 3.63) is 0 Å². The van der Waals surface area contributed by atoms with E-state index >= 15 is 0 Å². The SMILES string of the molecule is COC(=O)C1(NCC(F)(F)F)CCSCC1. The van der Waals surface area contributed by atoms with Gasteiger partial charge in [0, 0.05) is 0 Å². The zero-order chi connectivity index (χ0) is 12.2. The predicted molar refractivity (Wildman–Crippen MR) is 55.4 cm³/mol. The lowest BCUT2D eigenvalue weighted by molar-refractivity contribution is -0.154. The van der Waals surface area contributed by atoms with E-state index in [4.69, 9.17) is 0 Å². The normalized spacial score (nSPS) is 20.5. The highest BCUT2D eigenvalue weighted by Gasteiger charge is 2.43. The number of thioether (sulfide) groups is 1. The lowest BCUT2D eigenvalue weighted by atomic mass is 9.92. The Balaban J connectivity index is 2.67. The van der Waals surface area contributed by atoms with Crippen LogP contribution >= 0.6 is 11.8 Å². The Morgan fingerprint density at radius 2 is 2.00 bits per heavy atom. The Morgan fingerprint density at radius 1 is 1.44 bits per heavy atom. The molecule has 0 amide bonds. The predicted octanol–water partition coefficient (Wildman–Crippen LogP) is 1.58. The van der Waals surface area contributed by atoms with E-state index < -0.39 is 24.2 Å². The molecule has 0 saturated carbocycles. The minimum atomic E-state index is -4.31. The summed E-state index contributed by atoms with van der Waals surface area (Å²) >= 11 is 1.63. The first-order chi connectivity index (χ1) is 7.40. The number of carbonyl (C=O) groups is 1. The number of carbonyl (C=O) groups excluding carboxylic acids is 1. The average Bonchev–Trinajstić information content (AvgIpc) is 2.25. The monoisotopic (exact) mass is 257 g/mol. The second kappa shape index (κ2) is 5.27. The fourth-order valence-electron chi connectivity index (χ4n) is 1.64. The fourth-order valence-corrected chi connectivity index (χ4v) is 2.83. The van der Waals surface area contributed by atoms with Gasteiger partial charge < -0.3 is 4.74 Å². The molecule has 0 atom stereocenters. The van der Waals surface area contributed by atoms with Gasteiger partial charge in [-0.1, -0.05) is 0 Å². The van der Waals surface area contributed by atoms with Crippen LogP contribution in [-0.4, -0.2) is 42.8 Å². The van der Waals surface area contributed by atoms with Crippen molar-refractivity contribution in [2.24, 2.45) is 0 Å². The van der Waals surface area contributed by atoms with Crippen LogP contribution in [0.15, 0.2) is 0 Å².